The van der Waals surface area contributed by atoms with Crippen molar-refractivity contribution < 1.29 is 0 Å². The van der Waals surface area contributed by atoms with E-state index in [0.717, 1.165) is 19.4 Å². The Morgan fingerprint density at radius 1 is 1.00 bits per heavy atom. The Balaban J connectivity index is 2.30. The molecule has 1 N–H and O–H groups in total. The molecule has 0 aromatic heterocycles. The van der Waals surface area contributed by atoms with Crippen LogP contribution in [0.3, 0.4) is 0 Å². The van der Waals surface area contributed by atoms with Gasteiger partial charge in [0.05, 0.1) is 0 Å². The van der Waals surface area contributed by atoms with Crippen molar-refractivity contribution in [3.8, 4) is 0 Å². The molecule has 112 valence electrons. The lowest BCUT2D eigenvalue weighted by Crippen LogP contribution is -2.25. The molecule has 0 saturated carbocycles. The van der Waals surface area contributed by atoms with Crippen molar-refractivity contribution in [3.63, 3.8) is 0 Å². The second-order valence-corrected chi connectivity index (χ2v) is 6.69. The van der Waals surface area contributed by atoms with Crippen molar-refractivity contribution in [1.29, 1.82) is 0 Å². The summed E-state index contributed by atoms with van der Waals surface area (Å²) in [5, 5.41) is 3.72. The Kier molecular flexibility index (Phi) is 6.24. The molecule has 0 aliphatic rings. The molecular formula is C19H24IN. The fourth-order valence-corrected chi connectivity index (χ4v) is 3.34. The van der Waals surface area contributed by atoms with Gasteiger partial charge in [0.2, 0.25) is 0 Å². The van der Waals surface area contributed by atoms with E-state index in [9.17, 15) is 0 Å². The van der Waals surface area contributed by atoms with E-state index in [1.165, 1.54) is 25.8 Å². The van der Waals surface area contributed by atoms with E-state index in [1.807, 2.05) is 0 Å². The maximum absolute atomic E-state index is 3.72. The van der Waals surface area contributed by atoms with Crippen LogP contribution in [0.4, 0.5) is 0 Å². The number of rotatable bonds is 6. The molecule has 0 spiro atoms. The molecule has 0 fully saturated rings. The predicted molar refractivity (Wildman–Crippen MR) is 99.8 cm³/mol. The third kappa shape index (κ3) is 4.30. The van der Waals surface area contributed by atoms with Gasteiger partial charge in [-0.3, -0.25) is 0 Å². The van der Waals surface area contributed by atoms with E-state index >= 15 is 0 Å². The van der Waals surface area contributed by atoms with Crippen molar-refractivity contribution in [2.45, 2.75) is 39.7 Å². The summed E-state index contributed by atoms with van der Waals surface area (Å²) < 4.78 is 1.39. The zero-order valence-electron chi connectivity index (χ0n) is 13.1. The van der Waals surface area contributed by atoms with E-state index in [4.69, 9.17) is 0 Å². The van der Waals surface area contributed by atoms with Gasteiger partial charge in [0.25, 0.3) is 0 Å². The molecule has 0 bridgehead atoms. The molecule has 0 aliphatic heterocycles. The minimum Gasteiger partial charge on any atom is -0.310 e. The maximum atomic E-state index is 3.72. The van der Waals surface area contributed by atoms with Gasteiger partial charge in [-0.15, -0.1) is 0 Å². The van der Waals surface area contributed by atoms with Crippen LogP contribution in [0.1, 0.15) is 41.6 Å². The number of benzene rings is 2. The van der Waals surface area contributed by atoms with Crippen molar-refractivity contribution in [3.05, 3.63) is 68.3 Å². The van der Waals surface area contributed by atoms with Crippen LogP contribution in [-0.2, 0) is 6.42 Å². The highest BCUT2D eigenvalue weighted by Crippen LogP contribution is 2.26. The first-order valence-electron chi connectivity index (χ1n) is 7.66. The summed E-state index contributed by atoms with van der Waals surface area (Å²) in [5.41, 5.74) is 5.60. The SMILES string of the molecule is CCCNC(Cc1ccccc1C)c1cccc(C)c1I. The van der Waals surface area contributed by atoms with E-state index in [2.05, 4.69) is 91.1 Å². The monoisotopic (exact) mass is 393 g/mol. The largest absolute Gasteiger partial charge is 0.310 e. The van der Waals surface area contributed by atoms with Crippen LogP contribution in [0.2, 0.25) is 0 Å². The van der Waals surface area contributed by atoms with Crippen LogP contribution in [0, 0.1) is 17.4 Å². The number of nitrogens with one attached hydrogen (secondary N) is 1. The van der Waals surface area contributed by atoms with Gasteiger partial charge < -0.3 is 5.32 Å². The fraction of sp³-hybridized carbons (Fsp3) is 0.368. The summed E-state index contributed by atoms with van der Waals surface area (Å²) >= 11 is 2.48. The molecule has 2 heteroatoms. The van der Waals surface area contributed by atoms with E-state index < -0.39 is 0 Å². The molecule has 1 atom stereocenters. The molecule has 0 amide bonds. The standard InChI is InChI=1S/C19H24IN/c1-4-12-21-18(13-16-10-6-5-8-14(16)2)17-11-7-9-15(3)19(17)20/h5-11,18,21H,4,12-13H2,1-3H3. The molecule has 2 aromatic rings. The van der Waals surface area contributed by atoms with E-state index in [0.29, 0.717) is 6.04 Å². The highest BCUT2D eigenvalue weighted by atomic mass is 127. The number of halogens is 1. The van der Waals surface area contributed by atoms with Crippen molar-refractivity contribution in [2.24, 2.45) is 0 Å². The first-order valence-corrected chi connectivity index (χ1v) is 8.74. The van der Waals surface area contributed by atoms with Crippen molar-refractivity contribution in [1.82, 2.24) is 5.32 Å². The molecule has 21 heavy (non-hydrogen) atoms. The minimum absolute atomic E-state index is 0.387. The molecule has 0 aliphatic carbocycles. The fourth-order valence-electron chi connectivity index (χ4n) is 2.61. The molecule has 2 aromatic carbocycles. The summed E-state index contributed by atoms with van der Waals surface area (Å²) in [7, 11) is 0. The Hall–Kier alpha value is -0.870. The molecule has 2 rings (SSSR count). The average molecular weight is 393 g/mol. The first-order chi connectivity index (χ1) is 10.1. The van der Waals surface area contributed by atoms with E-state index in [-0.39, 0.29) is 0 Å². The highest BCUT2D eigenvalue weighted by Gasteiger charge is 2.16. The first kappa shape index (κ1) is 16.5. The summed E-state index contributed by atoms with van der Waals surface area (Å²) in [4.78, 5) is 0. The van der Waals surface area contributed by atoms with Crippen molar-refractivity contribution in [2.75, 3.05) is 6.54 Å². The van der Waals surface area contributed by atoms with Gasteiger partial charge in [-0.05, 0) is 78.1 Å². The quantitative estimate of drug-likeness (QED) is 0.666. The van der Waals surface area contributed by atoms with Gasteiger partial charge in [-0.1, -0.05) is 49.4 Å². The molecule has 0 radical (unpaired) electrons. The van der Waals surface area contributed by atoms with Gasteiger partial charge in [0.1, 0.15) is 0 Å². The van der Waals surface area contributed by atoms with Crippen LogP contribution in [0.25, 0.3) is 0 Å². The summed E-state index contributed by atoms with van der Waals surface area (Å²) in [6.07, 6.45) is 2.21. The third-order valence-corrected chi connectivity index (χ3v) is 5.40. The highest BCUT2D eigenvalue weighted by molar-refractivity contribution is 14.1. The molecular weight excluding hydrogens is 369 g/mol. The van der Waals surface area contributed by atoms with Crippen LogP contribution < -0.4 is 5.32 Å². The van der Waals surface area contributed by atoms with Gasteiger partial charge >= 0.3 is 0 Å². The molecule has 0 saturated heterocycles. The van der Waals surface area contributed by atoms with Crippen molar-refractivity contribution >= 4 is 22.6 Å². The van der Waals surface area contributed by atoms with Crippen LogP contribution in [0.5, 0.6) is 0 Å². The van der Waals surface area contributed by atoms with E-state index in [1.54, 1.807) is 0 Å². The van der Waals surface area contributed by atoms with Crippen LogP contribution in [-0.4, -0.2) is 6.54 Å². The summed E-state index contributed by atoms with van der Waals surface area (Å²) in [6, 6.07) is 15.7. The molecule has 0 heterocycles. The second-order valence-electron chi connectivity index (χ2n) is 5.62. The van der Waals surface area contributed by atoms with Crippen LogP contribution >= 0.6 is 22.6 Å². The number of aryl methyl sites for hydroxylation is 2. The maximum Gasteiger partial charge on any atom is 0.0371 e. The second kappa shape index (κ2) is 7.95. The average Bonchev–Trinajstić information content (AvgIpc) is 2.48. The lowest BCUT2D eigenvalue weighted by Gasteiger charge is -2.22. The zero-order chi connectivity index (χ0) is 15.2. The van der Waals surface area contributed by atoms with Gasteiger partial charge in [-0.25, -0.2) is 0 Å². The summed E-state index contributed by atoms with van der Waals surface area (Å²) in [6.45, 7) is 7.67. The Morgan fingerprint density at radius 3 is 2.43 bits per heavy atom. The Morgan fingerprint density at radius 2 is 1.71 bits per heavy atom. The number of hydrogen-bond donors (Lipinski definition) is 1. The van der Waals surface area contributed by atoms with Gasteiger partial charge in [-0.2, -0.15) is 0 Å². The summed E-state index contributed by atoms with van der Waals surface area (Å²) in [5.74, 6) is 0. The topological polar surface area (TPSA) is 12.0 Å². The normalized spacial score (nSPS) is 12.4. The van der Waals surface area contributed by atoms with Gasteiger partial charge in [0, 0.05) is 9.61 Å². The number of hydrogen-bond acceptors (Lipinski definition) is 1. The predicted octanol–water partition coefficient (Wildman–Crippen LogP) is 5.19. The molecule has 1 unspecified atom stereocenters. The van der Waals surface area contributed by atoms with Crippen LogP contribution in [0.15, 0.2) is 42.5 Å². The molecule has 1 nitrogen and oxygen atoms in total. The lowest BCUT2D eigenvalue weighted by molar-refractivity contribution is 0.526. The third-order valence-electron chi connectivity index (χ3n) is 3.92. The Labute approximate surface area is 142 Å². The lowest BCUT2D eigenvalue weighted by atomic mass is 9.95. The smallest absolute Gasteiger partial charge is 0.0371 e. The minimum atomic E-state index is 0.387. The Bertz CT molecular complexity index is 592. The zero-order valence-corrected chi connectivity index (χ0v) is 15.3. The van der Waals surface area contributed by atoms with Gasteiger partial charge in [0.15, 0.2) is 0 Å².